The summed E-state index contributed by atoms with van der Waals surface area (Å²) in [6.45, 7) is 2.15. The van der Waals surface area contributed by atoms with Crippen LogP contribution < -0.4 is 10.5 Å². The maximum atomic E-state index is 11.3. The highest BCUT2D eigenvalue weighted by atomic mass is 127. The van der Waals surface area contributed by atoms with Gasteiger partial charge in [0, 0.05) is 7.05 Å². The molecule has 0 aliphatic carbocycles. The standard InChI is InChI=1S/C9H12IN3O3/c1-3-16-6(14)4-13(2)8-7(10)9(15)12-5-11-8/h5H,3-4H2,1-2H3,(H,11,12,15). The van der Waals surface area contributed by atoms with Crippen molar-refractivity contribution in [2.45, 2.75) is 6.92 Å². The number of likely N-dealkylation sites (N-methyl/N-ethyl adjacent to an activating group) is 1. The minimum atomic E-state index is -0.345. The number of ether oxygens (including phenoxy) is 1. The Balaban J connectivity index is 2.81. The molecule has 0 saturated heterocycles. The topological polar surface area (TPSA) is 75.3 Å². The first-order valence-corrected chi connectivity index (χ1v) is 5.74. The predicted octanol–water partition coefficient (Wildman–Crippen LogP) is 0.374. The third kappa shape index (κ3) is 3.19. The maximum absolute atomic E-state index is 11.3. The monoisotopic (exact) mass is 337 g/mol. The number of carbonyl (C=O) groups is 1. The summed E-state index contributed by atoms with van der Waals surface area (Å²) < 4.78 is 5.26. The average Bonchev–Trinajstić information content (AvgIpc) is 2.22. The summed E-state index contributed by atoms with van der Waals surface area (Å²) in [5.74, 6) is 0.125. The Kier molecular flexibility index (Phi) is 4.71. The van der Waals surface area contributed by atoms with E-state index < -0.39 is 0 Å². The van der Waals surface area contributed by atoms with E-state index in [9.17, 15) is 9.59 Å². The number of nitrogens with zero attached hydrogens (tertiary/aromatic N) is 2. The lowest BCUT2D eigenvalue weighted by molar-refractivity contribution is -0.141. The highest BCUT2D eigenvalue weighted by Crippen LogP contribution is 2.13. The second-order valence-corrected chi connectivity index (χ2v) is 4.11. The molecule has 0 atom stereocenters. The molecule has 1 heterocycles. The van der Waals surface area contributed by atoms with Crippen LogP contribution in [0.2, 0.25) is 0 Å². The molecule has 0 fully saturated rings. The highest BCUT2D eigenvalue weighted by molar-refractivity contribution is 14.1. The Morgan fingerprint density at radius 1 is 1.69 bits per heavy atom. The van der Waals surface area contributed by atoms with Crippen molar-refractivity contribution in [3.05, 3.63) is 20.3 Å². The number of esters is 1. The lowest BCUT2D eigenvalue weighted by atomic mass is 10.5. The van der Waals surface area contributed by atoms with Crippen LogP contribution in [-0.2, 0) is 9.53 Å². The van der Waals surface area contributed by atoms with Gasteiger partial charge in [-0.05, 0) is 29.5 Å². The summed E-state index contributed by atoms with van der Waals surface area (Å²) >= 11 is 1.89. The van der Waals surface area contributed by atoms with E-state index in [1.54, 1.807) is 18.9 Å². The zero-order valence-electron chi connectivity index (χ0n) is 8.99. The van der Waals surface area contributed by atoms with Gasteiger partial charge >= 0.3 is 5.97 Å². The Hall–Kier alpha value is -1.12. The lowest BCUT2D eigenvalue weighted by Gasteiger charge is -2.17. The molecule has 0 aromatic carbocycles. The van der Waals surface area contributed by atoms with E-state index in [0.29, 0.717) is 16.0 Å². The SMILES string of the molecule is CCOC(=O)CN(C)c1nc[nH]c(=O)c1I. The first-order valence-electron chi connectivity index (χ1n) is 4.66. The summed E-state index contributed by atoms with van der Waals surface area (Å²) in [6, 6.07) is 0. The number of hydrogen-bond acceptors (Lipinski definition) is 5. The first kappa shape index (κ1) is 12.9. The number of anilines is 1. The molecule has 1 rings (SSSR count). The molecule has 0 bridgehead atoms. The molecule has 7 heteroatoms. The molecule has 0 amide bonds. The quantitative estimate of drug-likeness (QED) is 0.635. The predicted molar refractivity (Wildman–Crippen MR) is 67.5 cm³/mol. The lowest BCUT2D eigenvalue weighted by Crippen LogP contribution is -2.30. The molecular formula is C9H12IN3O3. The first-order chi connectivity index (χ1) is 7.56. The van der Waals surface area contributed by atoms with Crippen LogP contribution in [0.4, 0.5) is 5.82 Å². The zero-order valence-corrected chi connectivity index (χ0v) is 11.1. The van der Waals surface area contributed by atoms with Gasteiger partial charge in [-0.3, -0.25) is 9.59 Å². The summed E-state index contributed by atoms with van der Waals surface area (Å²) in [4.78, 5) is 30.6. The molecule has 0 spiro atoms. The summed E-state index contributed by atoms with van der Waals surface area (Å²) in [6.07, 6.45) is 1.31. The molecule has 1 aromatic heterocycles. The number of hydrogen-bond donors (Lipinski definition) is 1. The number of aromatic amines is 1. The maximum Gasteiger partial charge on any atom is 0.325 e. The molecule has 0 unspecified atom stereocenters. The molecule has 1 N–H and O–H groups in total. The summed E-state index contributed by atoms with van der Waals surface area (Å²) in [5.41, 5.74) is -0.221. The zero-order chi connectivity index (χ0) is 12.1. The molecule has 0 aliphatic heterocycles. The third-order valence-corrected chi connectivity index (χ3v) is 2.78. The van der Waals surface area contributed by atoms with Crippen molar-refractivity contribution in [2.75, 3.05) is 25.1 Å². The fraction of sp³-hybridized carbons (Fsp3) is 0.444. The van der Waals surface area contributed by atoms with Gasteiger partial charge in [0.2, 0.25) is 0 Å². The number of carbonyl (C=O) groups excluding carboxylic acids is 1. The Morgan fingerprint density at radius 2 is 2.38 bits per heavy atom. The van der Waals surface area contributed by atoms with Crippen LogP contribution in [0.15, 0.2) is 11.1 Å². The molecule has 88 valence electrons. The van der Waals surface area contributed by atoms with Crippen molar-refractivity contribution in [3.63, 3.8) is 0 Å². The fourth-order valence-electron chi connectivity index (χ4n) is 1.11. The van der Waals surface area contributed by atoms with Crippen molar-refractivity contribution >= 4 is 34.4 Å². The minimum absolute atomic E-state index is 0.0697. The largest absolute Gasteiger partial charge is 0.465 e. The van der Waals surface area contributed by atoms with Gasteiger partial charge in [0.05, 0.1) is 12.9 Å². The Morgan fingerprint density at radius 3 is 3.00 bits per heavy atom. The molecule has 1 aromatic rings. The number of rotatable bonds is 4. The summed E-state index contributed by atoms with van der Waals surface area (Å²) in [7, 11) is 1.68. The van der Waals surface area contributed by atoms with Crippen LogP contribution in [-0.4, -0.2) is 36.1 Å². The third-order valence-electron chi connectivity index (χ3n) is 1.81. The van der Waals surface area contributed by atoms with E-state index in [2.05, 4.69) is 9.97 Å². The van der Waals surface area contributed by atoms with Crippen LogP contribution in [0.3, 0.4) is 0 Å². The van der Waals surface area contributed by atoms with Gasteiger partial charge in [-0.15, -0.1) is 0 Å². The number of aromatic nitrogens is 2. The van der Waals surface area contributed by atoms with E-state index >= 15 is 0 Å². The van der Waals surface area contributed by atoms with Gasteiger partial charge in [-0.1, -0.05) is 0 Å². The van der Waals surface area contributed by atoms with Gasteiger partial charge in [0.1, 0.15) is 15.9 Å². The molecule has 0 saturated carbocycles. The van der Waals surface area contributed by atoms with Gasteiger partial charge in [0.25, 0.3) is 5.56 Å². The summed E-state index contributed by atoms with van der Waals surface area (Å²) in [5, 5.41) is 0. The molecule has 0 aliphatic rings. The van der Waals surface area contributed by atoms with E-state index in [1.165, 1.54) is 6.33 Å². The molecule has 0 radical (unpaired) electrons. The van der Waals surface area contributed by atoms with Crippen LogP contribution in [0.1, 0.15) is 6.92 Å². The van der Waals surface area contributed by atoms with Gasteiger partial charge in [-0.2, -0.15) is 0 Å². The second-order valence-electron chi connectivity index (χ2n) is 3.03. The van der Waals surface area contributed by atoms with Crippen LogP contribution in [0.25, 0.3) is 0 Å². The Labute approximate surface area is 106 Å². The molecule has 16 heavy (non-hydrogen) atoms. The normalized spacial score (nSPS) is 9.94. The van der Waals surface area contributed by atoms with E-state index in [4.69, 9.17) is 4.74 Å². The number of halogens is 1. The van der Waals surface area contributed by atoms with Crippen molar-refractivity contribution in [1.82, 2.24) is 9.97 Å². The fourth-order valence-corrected chi connectivity index (χ4v) is 1.82. The minimum Gasteiger partial charge on any atom is -0.465 e. The van der Waals surface area contributed by atoms with Crippen molar-refractivity contribution in [3.8, 4) is 0 Å². The van der Waals surface area contributed by atoms with E-state index in [-0.39, 0.29) is 18.1 Å². The van der Waals surface area contributed by atoms with Crippen molar-refractivity contribution < 1.29 is 9.53 Å². The molecular weight excluding hydrogens is 325 g/mol. The van der Waals surface area contributed by atoms with Gasteiger partial charge in [0.15, 0.2) is 0 Å². The van der Waals surface area contributed by atoms with E-state index in [1.807, 2.05) is 22.6 Å². The van der Waals surface area contributed by atoms with Crippen molar-refractivity contribution in [1.29, 1.82) is 0 Å². The van der Waals surface area contributed by atoms with Crippen molar-refractivity contribution in [2.24, 2.45) is 0 Å². The molecule has 6 nitrogen and oxygen atoms in total. The number of H-pyrrole nitrogens is 1. The van der Waals surface area contributed by atoms with Crippen LogP contribution in [0.5, 0.6) is 0 Å². The second kappa shape index (κ2) is 5.83. The van der Waals surface area contributed by atoms with Crippen LogP contribution in [0, 0.1) is 3.57 Å². The number of nitrogens with one attached hydrogen (secondary N) is 1. The van der Waals surface area contributed by atoms with Crippen LogP contribution >= 0.6 is 22.6 Å². The van der Waals surface area contributed by atoms with Gasteiger partial charge < -0.3 is 14.6 Å². The average molecular weight is 337 g/mol. The highest BCUT2D eigenvalue weighted by Gasteiger charge is 2.13. The van der Waals surface area contributed by atoms with Gasteiger partial charge in [-0.25, -0.2) is 4.98 Å². The van der Waals surface area contributed by atoms with E-state index in [0.717, 1.165) is 0 Å². The smallest absolute Gasteiger partial charge is 0.325 e. The Bertz CT molecular complexity index is 432.